The second-order valence-electron chi connectivity index (χ2n) is 5.03. The number of hydrogen-bond donors (Lipinski definition) is 1. The summed E-state index contributed by atoms with van der Waals surface area (Å²) in [6.07, 6.45) is 0. The molecule has 0 aliphatic heterocycles. The van der Waals surface area contributed by atoms with Crippen molar-refractivity contribution in [2.45, 2.75) is 27.3 Å². The summed E-state index contributed by atoms with van der Waals surface area (Å²) in [7, 11) is 0. The lowest BCUT2D eigenvalue weighted by Gasteiger charge is -2.03. The van der Waals surface area contributed by atoms with E-state index in [0.29, 0.717) is 12.6 Å². The fourth-order valence-corrected chi connectivity index (χ4v) is 2.15. The highest BCUT2D eigenvalue weighted by atomic mass is 16.4. The van der Waals surface area contributed by atoms with Gasteiger partial charge in [-0.25, -0.2) is 5.43 Å². The van der Waals surface area contributed by atoms with Crippen molar-refractivity contribution in [3.63, 3.8) is 0 Å². The van der Waals surface area contributed by atoms with Gasteiger partial charge in [-0.15, -0.1) is 0 Å². The molecule has 1 aromatic carbocycles. The summed E-state index contributed by atoms with van der Waals surface area (Å²) < 4.78 is 7.46. The van der Waals surface area contributed by atoms with Crippen LogP contribution in [0.2, 0.25) is 0 Å². The van der Waals surface area contributed by atoms with Gasteiger partial charge in [0.25, 0.3) is 0 Å². The van der Waals surface area contributed by atoms with E-state index in [1.807, 2.05) is 55.8 Å². The number of oxazole rings is 1. The number of anilines is 1. The molecule has 0 saturated carbocycles. The first-order chi connectivity index (χ1) is 10.1. The highest BCUT2D eigenvalue weighted by Crippen LogP contribution is 2.17. The van der Waals surface area contributed by atoms with E-state index in [9.17, 15) is 0 Å². The van der Waals surface area contributed by atoms with E-state index in [0.717, 1.165) is 28.2 Å². The number of benzene rings is 1. The lowest BCUT2D eigenvalue weighted by Crippen LogP contribution is -2.11. The highest BCUT2D eigenvalue weighted by Gasteiger charge is 2.05. The first-order valence-electron chi connectivity index (χ1n) is 6.77. The number of nitrogens with one attached hydrogen (secondary N) is 1. The first-order valence-corrected chi connectivity index (χ1v) is 6.77. The lowest BCUT2D eigenvalue weighted by atomic mass is 10.3. The van der Waals surface area contributed by atoms with Gasteiger partial charge in [0, 0.05) is 5.69 Å². The van der Waals surface area contributed by atoms with Crippen molar-refractivity contribution >= 4 is 22.8 Å². The third-order valence-corrected chi connectivity index (χ3v) is 3.12. The van der Waals surface area contributed by atoms with E-state index < -0.39 is 0 Å². The number of rotatable bonds is 4. The van der Waals surface area contributed by atoms with Crippen molar-refractivity contribution in [1.29, 1.82) is 0 Å². The molecule has 21 heavy (non-hydrogen) atoms. The van der Waals surface area contributed by atoms with Crippen LogP contribution >= 0.6 is 0 Å². The van der Waals surface area contributed by atoms with E-state index in [1.54, 1.807) is 0 Å². The van der Waals surface area contributed by atoms with Gasteiger partial charge in [0.15, 0.2) is 5.58 Å². The highest BCUT2D eigenvalue weighted by molar-refractivity contribution is 5.82. The molecule has 6 nitrogen and oxygen atoms in total. The zero-order valence-electron chi connectivity index (χ0n) is 12.3. The topological polar surface area (TPSA) is 68.2 Å². The molecule has 0 unspecified atom stereocenters. The molecule has 0 amide bonds. The van der Waals surface area contributed by atoms with E-state index >= 15 is 0 Å². The Morgan fingerprint density at radius 2 is 2.14 bits per heavy atom. The van der Waals surface area contributed by atoms with Gasteiger partial charge in [0.1, 0.15) is 5.52 Å². The summed E-state index contributed by atoms with van der Waals surface area (Å²) in [6, 6.07) is 10.0. The van der Waals surface area contributed by atoms with Crippen LogP contribution in [0.3, 0.4) is 0 Å². The average molecular weight is 283 g/mol. The Kier molecular flexibility index (Phi) is 3.43. The molecule has 108 valence electrons. The van der Waals surface area contributed by atoms with Crippen LogP contribution < -0.4 is 5.43 Å². The third kappa shape index (κ3) is 2.94. The molecular formula is C15H17N5O. The van der Waals surface area contributed by atoms with E-state index in [1.165, 1.54) is 0 Å². The number of aromatic nitrogens is 3. The van der Waals surface area contributed by atoms with Crippen LogP contribution in [0.4, 0.5) is 6.01 Å². The Bertz CT molecular complexity index is 766. The summed E-state index contributed by atoms with van der Waals surface area (Å²) in [5, 5.41) is 8.69. The van der Waals surface area contributed by atoms with Crippen LogP contribution in [-0.2, 0) is 6.54 Å². The summed E-state index contributed by atoms with van der Waals surface area (Å²) in [5.74, 6) is 0. The van der Waals surface area contributed by atoms with Crippen LogP contribution in [0.5, 0.6) is 0 Å². The molecule has 3 aromatic rings. The van der Waals surface area contributed by atoms with Gasteiger partial charge >= 0.3 is 6.01 Å². The molecule has 0 bridgehead atoms. The minimum Gasteiger partial charge on any atom is -0.422 e. The van der Waals surface area contributed by atoms with Gasteiger partial charge < -0.3 is 4.42 Å². The third-order valence-electron chi connectivity index (χ3n) is 3.12. The maximum atomic E-state index is 5.54. The fraction of sp³-hybridized carbons (Fsp3) is 0.267. The molecule has 0 aliphatic rings. The zero-order valence-corrected chi connectivity index (χ0v) is 12.3. The maximum Gasteiger partial charge on any atom is 0.316 e. The Morgan fingerprint density at radius 1 is 1.33 bits per heavy atom. The van der Waals surface area contributed by atoms with Crippen LogP contribution in [0, 0.1) is 13.8 Å². The predicted octanol–water partition coefficient (Wildman–Crippen LogP) is 3.13. The van der Waals surface area contributed by atoms with E-state index in [-0.39, 0.29) is 0 Å². The van der Waals surface area contributed by atoms with Crippen LogP contribution in [0.1, 0.15) is 18.3 Å². The van der Waals surface area contributed by atoms with Crippen molar-refractivity contribution in [2.75, 3.05) is 5.43 Å². The van der Waals surface area contributed by atoms with Gasteiger partial charge in [0.05, 0.1) is 18.0 Å². The fourth-order valence-electron chi connectivity index (χ4n) is 2.15. The molecule has 0 atom stereocenters. The normalized spacial score (nSPS) is 12.0. The average Bonchev–Trinajstić information content (AvgIpc) is 2.99. The Labute approximate surface area is 122 Å². The van der Waals surface area contributed by atoms with E-state index in [4.69, 9.17) is 4.42 Å². The lowest BCUT2D eigenvalue weighted by molar-refractivity contribution is 0.616. The minimum absolute atomic E-state index is 0.393. The van der Waals surface area contributed by atoms with Crippen LogP contribution in [0.15, 0.2) is 39.9 Å². The number of para-hydroxylation sites is 2. The quantitative estimate of drug-likeness (QED) is 0.590. The molecule has 1 N–H and O–H groups in total. The molecule has 6 heteroatoms. The monoisotopic (exact) mass is 283 g/mol. The molecule has 2 aromatic heterocycles. The number of hydrogen-bond acceptors (Lipinski definition) is 5. The van der Waals surface area contributed by atoms with Gasteiger partial charge in [-0.3, -0.25) is 4.68 Å². The van der Waals surface area contributed by atoms with Crippen molar-refractivity contribution in [1.82, 2.24) is 14.8 Å². The molecule has 0 saturated heterocycles. The summed E-state index contributed by atoms with van der Waals surface area (Å²) in [5.41, 5.74) is 7.42. The SMILES string of the molecule is C/C(Cn1nc(C)cc1C)=N/Nc1nc2ccccc2o1. The maximum absolute atomic E-state index is 5.54. The smallest absolute Gasteiger partial charge is 0.316 e. The summed E-state index contributed by atoms with van der Waals surface area (Å²) in [4.78, 5) is 4.31. The first kappa shape index (κ1) is 13.4. The second kappa shape index (κ2) is 5.40. The van der Waals surface area contributed by atoms with Gasteiger partial charge in [-0.2, -0.15) is 15.2 Å². The van der Waals surface area contributed by atoms with E-state index in [2.05, 4.69) is 20.6 Å². The molecule has 0 aliphatic carbocycles. The molecule has 0 spiro atoms. The van der Waals surface area contributed by atoms with Crippen molar-refractivity contribution in [2.24, 2.45) is 5.10 Å². The van der Waals surface area contributed by atoms with Gasteiger partial charge in [-0.05, 0) is 39.0 Å². The molecule has 3 rings (SSSR count). The summed E-state index contributed by atoms with van der Waals surface area (Å²) in [6.45, 7) is 6.58. The van der Waals surface area contributed by atoms with Crippen molar-refractivity contribution in [3.8, 4) is 0 Å². The molecular weight excluding hydrogens is 266 g/mol. The Balaban J connectivity index is 1.71. The number of aryl methyl sites for hydroxylation is 2. The standard InChI is InChI=1S/C15H17N5O/c1-10-8-12(3)20(19-10)9-11(2)17-18-15-16-13-6-4-5-7-14(13)21-15/h4-8H,9H2,1-3H3,(H,16,18)/b17-11-. The summed E-state index contributed by atoms with van der Waals surface area (Å²) >= 11 is 0. The van der Waals surface area contributed by atoms with Crippen molar-refractivity contribution < 1.29 is 4.42 Å². The molecule has 0 fully saturated rings. The number of hydrazone groups is 1. The van der Waals surface area contributed by atoms with Crippen LogP contribution in [0.25, 0.3) is 11.1 Å². The van der Waals surface area contributed by atoms with Gasteiger partial charge in [0.2, 0.25) is 0 Å². The second-order valence-corrected chi connectivity index (χ2v) is 5.03. The Hall–Kier alpha value is -2.63. The minimum atomic E-state index is 0.393. The number of nitrogens with zero attached hydrogens (tertiary/aromatic N) is 4. The van der Waals surface area contributed by atoms with Gasteiger partial charge in [-0.1, -0.05) is 12.1 Å². The molecule has 0 radical (unpaired) electrons. The predicted molar refractivity (Wildman–Crippen MR) is 82.4 cm³/mol. The largest absolute Gasteiger partial charge is 0.422 e. The van der Waals surface area contributed by atoms with Crippen molar-refractivity contribution in [3.05, 3.63) is 41.7 Å². The number of fused-ring (bicyclic) bond motifs is 1. The Morgan fingerprint density at radius 3 is 2.86 bits per heavy atom. The zero-order chi connectivity index (χ0) is 14.8. The van der Waals surface area contributed by atoms with Crippen LogP contribution in [-0.4, -0.2) is 20.5 Å². The molecule has 2 heterocycles.